The van der Waals surface area contributed by atoms with Gasteiger partial charge in [0.25, 0.3) is 0 Å². The van der Waals surface area contributed by atoms with E-state index in [0.29, 0.717) is 12.6 Å². The number of nitrogens with two attached hydrogens (primary N) is 1. The fourth-order valence-corrected chi connectivity index (χ4v) is 2.72. The maximum atomic E-state index is 11.2. The molecule has 1 unspecified atom stereocenters. The number of amides is 1. The fraction of sp³-hybridized carbons (Fsp3) is 0.533. The lowest BCUT2D eigenvalue weighted by Gasteiger charge is -2.24. The van der Waals surface area contributed by atoms with Crippen LogP contribution in [0.15, 0.2) is 24.3 Å². The average molecular weight is 261 g/mol. The van der Waals surface area contributed by atoms with E-state index < -0.39 is 0 Å². The molecule has 104 valence electrons. The third-order valence-electron chi connectivity index (χ3n) is 3.56. The first-order chi connectivity index (χ1) is 9.22. The Kier molecular flexibility index (Phi) is 4.80. The molecule has 0 saturated heterocycles. The van der Waals surface area contributed by atoms with Gasteiger partial charge in [-0.15, -0.1) is 0 Å². The topological polar surface area (TPSA) is 58.4 Å². The van der Waals surface area contributed by atoms with Crippen molar-refractivity contribution in [1.82, 2.24) is 5.32 Å². The number of carbonyl (C=O) groups excluding carboxylic acids is 1. The summed E-state index contributed by atoms with van der Waals surface area (Å²) >= 11 is 0. The van der Waals surface area contributed by atoms with Crippen LogP contribution in [0.2, 0.25) is 0 Å². The van der Waals surface area contributed by atoms with Crippen molar-refractivity contribution in [3.63, 3.8) is 0 Å². The molecule has 0 aromatic heterocycles. The van der Waals surface area contributed by atoms with Crippen molar-refractivity contribution in [3.05, 3.63) is 29.8 Å². The first-order valence-electron chi connectivity index (χ1n) is 7.08. The number of anilines is 1. The lowest BCUT2D eigenvalue weighted by atomic mass is 10.0. The van der Waals surface area contributed by atoms with Crippen LogP contribution in [-0.4, -0.2) is 25.5 Å². The summed E-state index contributed by atoms with van der Waals surface area (Å²) in [6.07, 6.45) is 3.30. The second-order valence-corrected chi connectivity index (χ2v) is 5.10. The summed E-state index contributed by atoms with van der Waals surface area (Å²) in [6.45, 7) is 4.39. The molecule has 1 aromatic rings. The third kappa shape index (κ3) is 3.47. The van der Waals surface area contributed by atoms with Crippen molar-refractivity contribution in [3.8, 4) is 0 Å². The largest absolute Gasteiger partial charge is 0.368 e. The number of para-hydroxylation sites is 1. The molecule has 1 amide bonds. The summed E-state index contributed by atoms with van der Waals surface area (Å²) in [4.78, 5) is 13.3. The van der Waals surface area contributed by atoms with E-state index in [9.17, 15) is 4.79 Å². The van der Waals surface area contributed by atoms with E-state index in [1.54, 1.807) is 0 Å². The summed E-state index contributed by atoms with van der Waals surface area (Å²) in [5.41, 5.74) is 7.78. The van der Waals surface area contributed by atoms with Crippen LogP contribution < -0.4 is 16.0 Å². The summed E-state index contributed by atoms with van der Waals surface area (Å²) in [7, 11) is 0. The minimum absolute atomic E-state index is 0.269. The predicted molar refractivity (Wildman–Crippen MR) is 78.1 cm³/mol. The van der Waals surface area contributed by atoms with Crippen molar-refractivity contribution in [2.24, 2.45) is 5.73 Å². The zero-order chi connectivity index (χ0) is 13.7. The number of primary amides is 1. The van der Waals surface area contributed by atoms with Crippen LogP contribution in [0.3, 0.4) is 0 Å². The van der Waals surface area contributed by atoms with E-state index in [1.165, 1.54) is 5.56 Å². The molecule has 0 bridgehead atoms. The zero-order valence-electron chi connectivity index (χ0n) is 11.6. The Balaban J connectivity index is 2.25. The van der Waals surface area contributed by atoms with Gasteiger partial charge in [-0.1, -0.05) is 25.1 Å². The highest BCUT2D eigenvalue weighted by atomic mass is 16.1. The molecule has 3 N–H and O–H groups in total. The second kappa shape index (κ2) is 6.57. The van der Waals surface area contributed by atoms with Gasteiger partial charge in [0.15, 0.2) is 0 Å². The molecule has 1 heterocycles. The van der Waals surface area contributed by atoms with Gasteiger partial charge in [0, 0.05) is 18.3 Å². The molecule has 0 saturated carbocycles. The van der Waals surface area contributed by atoms with Gasteiger partial charge < -0.3 is 16.0 Å². The lowest BCUT2D eigenvalue weighted by Crippen LogP contribution is -2.34. The summed E-state index contributed by atoms with van der Waals surface area (Å²) in [5.74, 6) is -0.269. The minimum Gasteiger partial charge on any atom is -0.368 e. The van der Waals surface area contributed by atoms with Crippen molar-refractivity contribution < 1.29 is 4.79 Å². The Morgan fingerprint density at radius 1 is 1.47 bits per heavy atom. The van der Waals surface area contributed by atoms with Gasteiger partial charge in [0.05, 0.1) is 6.54 Å². The molecule has 1 aromatic carbocycles. The van der Waals surface area contributed by atoms with Crippen LogP contribution in [-0.2, 0) is 4.79 Å². The molecule has 2 rings (SSSR count). The minimum atomic E-state index is -0.269. The fourth-order valence-electron chi connectivity index (χ4n) is 2.72. The zero-order valence-corrected chi connectivity index (χ0v) is 11.6. The van der Waals surface area contributed by atoms with Crippen LogP contribution in [0.1, 0.15) is 37.8 Å². The van der Waals surface area contributed by atoms with Gasteiger partial charge in [0.2, 0.25) is 5.91 Å². The van der Waals surface area contributed by atoms with Crippen LogP contribution in [0, 0.1) is 0 Å². The predicted octanol–water partition coefficient (Wildman–Crippen LogP) is 1.81. The van der Waals surface area contributed by atoms with E-state index in [4.69, 9.17) is 5.73 Å². The second-order valence-electron chi connectivity index (χ2n) is 5.10. The lowest BCUT2D eigenvalue weighted by molar-refractivity contribution is -0.116. The Labute approximate surface area is 115 Å². The van der Waals surface area contributed by atoms with E-state index in [1.807, 2.05) is 6.07 Å². The normalized spacial score (nSPS) is 18.8. The Bertz CT molecular complexity index is 433. The van der Waals surface area contributed by atoms with Gasteiger partial charge in [-0.25, -0.2) is 0 Å². The molecule has 0 fully saturated rings. The number of carbonyl (C=O) groups is 1. The van der Waals surface area contributed by atoms with Crippen LogP contribution in [0.4, 0.5) is 5.69 Å². The Morgan fingerprint density at radius 3 is 3.00 bits per heavy atom. The molecule has 1 aliphatic rings. The van der Waals surface area contributed by atoms with Gasteiger partial charge in [0.1, 0.15) is 0 Å². The van der Waals surface area contributed by atoms with Crippen molar-refractivity contribution in [2.45, 2.75) is 32.2 Å². The van der Waals surface area contributed by atoms with E-state index >= 15 is 0 Å². The molecular formula is C15H23N3O. The molecule has 0 radical (unpaired) electrons. The Morgan fingerprint density at radius 2 is 2.26 bits per heavy atom. The number of fused-ring (bicyclic) bond motifs is 1. The number of hydrogen-bond donors (Lipinski definition) is 2. The molecule has 4 nitrogen and oxygen atoms in total. The summed E-state index contributed by atoms with van der Waals surface area (Å²) in [5, 5.41) is 3.60. The quantitative estimate of drug-likeness (QED) is 0.850. The number of benzene rings is 1. The van der Waals surface area contributed by atoms with Crippen molar-refractivity contribution in [2.75, 3.05) is 24.5 Å². The maximum Gasteiger partial charge on any atom is 0.236 e. The molecule has 4 heteroatoms. The smallest absolute Gasteiger partial charge is 0.236 e. The molecule has 0 aliphatic carbocycles. The van der Waals surface area contributed by atoms with Crippen molar-refractivity contribution in [1.29, 1.82) is 0 Å². The van der Waals surface area contributed by atoms with Gasteiger partial charge in [-0.05, 0) is 37.4 Å². The average Bonchev–Trinajstić information content (AvgIpc) is 2.56. The highest BCUT2D eigenvalue weighted by molar-refractivity contribution is 5.80. The van der Waals surface area contributed by atoms with E-state index in [2.05, 4.69) is 35.3 Å². The van der Waals surface area contributed by atoms with Gasteiger partial charge in [-0.2, -0.15) is 0 Å². The van der Waals surface area contributed by atoms with E-state index in [0.717, 1.165) is 38.0 Å². The monoisotopic (exact) mass is 261 g/mol. The number of nitrogens with one attached hydrogen (secondary N) is 1. The van der Waals surface area contributed by atoms with Crippen LogP contribution >= 0.6 is 0 Å². The summed E-state index contributed by atoms with van der Waals surface area (Å²) in [6, 6.07) is 8.71. The third-order valence-corrected chi connectivity index (χ3v) is 3.56. The van der Waals surface area contributed by atoms with E-state index in [-0.39, 0.29) is 5.91 Å². The first kappa shape index (κ1) is 13.9. The van der Waals surface area contributed by atoms with Gasteiger partial charge in [-0.3, -0.25) is 4.79 Å². The number of hydrogen-bond acceptors (Lipinski definition) is 3. The van der Waals surface area contributed by atoms with Crippen LogP contribution in [0.25, 0.3) is 0 Å². The Hall–Kier alpha value is -1.55. The first-order valence-corrected chi connectivity index (χ1v) is 7.08. The molecule has 1 atom stereocenters. The molecule has 19 heavy (non-hydrogen) atoms. The molecule has 0 spiro atoms. The SMILES string of the molecule is CCCNC1CCCN(CC(N)=O)c2ccccc21. The maximum absolute atomic E-state index is 11.2. The molecular weight excluding hydrogens is 238 g/mol. The van der Waals surface area contributed by atoms with Gasteiger partial charge >= 0.3 is 0 Å². The highest BCUT2D eigenvalue weighted by Crippen LogP contribution is 2.32. The number of rotatable bonds is 5. The summed E-state index contributed by atoms with van der Waals surface area (Å²) < 4.78 is 0. The standard InChI is InChI=1S/C15H23N3O/c1-2-9-17-13-7-5-10-18(11-15(16)19)14-8-4-3-6-12(13)14/h3-4,6,8,13,17H,2,5,7,9-11H2,1H3,(H2,16,19). The van der Waals surface area contributed by atoms with Crippen molar-refractivity contribution >= 4 is 11.6 Å². The van der Waals surface area contributed by atoms with Crippen LogP contribution in [0.5, 0.6) is 0 Å². The molecule has 1 aliphatic heterocycles. The highest BCUT2D eigenvalue weighted by Gasteiger charge is 2.22. The number of nitrogens with zero attached hydrogens (tertiary/aromatic N) is 1.